The van der Waals surface area contributed by atoms with Crippen molar-refractivity contribution in [1.82, 2.24) is 0 Å². The molecule has 0 fully saturated rings. The molecule has 5 N–H and O–H groups in total. The van der Waals surface area contributed by atoms with Gasteiger partial charge in [0, 0.05) is 13.8 Å². The van der Waals surface area contributed by atoms with Gasteiger partial charge in [-0.15, -0.1) is 0 Å². The van der Waals surface area contributed by atoms with Crippen LogP contribution in [0.3, 0.4) is 0 Å². The Morgan fingerprint density at radius 2 is 1.72 bits per heavy atom. The third kappa shape index (κ3) is 5.36. The number of anilines is 2. The zero-order chi connectivity index (χ0) is 19.5. The van der Waals surface area contributed by atoms with Crippen LogP contribution in [0.1, 0.15) is 24.2 Å². The molecule has 0 spiro atoms. The van der Waals surface area contributed by atoms with Gasteiger partial charge in [0.2, 0.25) is 11.8 Å². The van der Waals surface area contributed by atoms with Crippen LogP contribution in [-0.2, 0) is 9.59 Å². The maximum absolute atomic E-state index is 12.1. The van der Waals surface area contributed by atoms with E-state index in [1.807, 2.05) is 67.8 Å². The number of nitrogens with two attached hydrogens (primary N) is 1. The molecule has 3 amide bonds. The Bertz CT molecular complexity index is 726. The summed E-state index contributed by atoms with van der Waals surface area (Å²) >= 11 is 5.78. The van der Waals surface area contributed by atoms with E-state index < -0.39 is 24.5 Å². The van der Waals surface area contributed by atoms with Gasteiger partial charge in [-0.05, 0) is 67.8 Å². The fourth-order valence-corrected chi connectivity index (χ4v) is 6.59. The lowest BCUT2D eigenvalue weighted by molar-refractivity contribution is -0.117. The van der Waals surface area contributed by atoms with Crippen molar-refractivity contribution in [2.75, 3.05) is 23.4 Å². The Hall–Kier alpha value is -0.260. The second-order valence-electron chi connectivity index (χ2n) is 5.05. The van der Waals surface area contributed by atoms with Crippen molar-refractivity contribution in [3.63, 3.8) is 0 Å². The SMILES string of the molecule is CC(=O)Nc1c(I)c(C(N)=O)c(I)c(N(CC(O)CO)C(C)=O)c1I. The first-order chi connectivity index (χ1) is 11.5. The smallest absolute Gasteiger partial charge is 0.251 e. The van der Waals surface area contributed by atoms with Crippen molar-refractivity contribution in [2.45, 2.75) is 20.0 Å². The minimum Gasteiger partial charge on any atom is -0.394 e. The molecule has 1 aromatic rings. The van der Waals surface area contributed by atoms with E-state index in [-0.39, 0.29) is 18.0 Å². The zero-order valence-electron chi connectivity index (χ0n) is 13.3. The first-order valence-corrected chi connectivity index (χ1v) is 10.1. The molecule has 138 valence electrons. The average Bonchev–Trinajstić information content (AvgIpc) is 2.49. The molecule has 0 aliphatic heterocycles. The van der Waals surface area contributed by atoms with E-state index in [0.29, 0.717) is 22.1 Å². The number of hydrogen-bond donors (Lipinski definition) is 4. The number of primary amides is 1. The number of halogens is 3. The summed E-state index contributed by atoms with van der Waals surface area (Å²) in [7, 11) is 0. The molecule has 11 heteroatoms. The van der Waals surface area contributed by atoms with Crippen LogP contribution in [0, 0.1) is 10.7 Å². The summed E-state index contributed by atoms with van der Waals surface area (Å²) < 4.78 is 1.41. The Kier molecular flexibility index (Phi) is 8.76. The van der Waals surface area contributed by atoms with Crippen molar-refractivity contribution in [3.05, 3.63) is 16.3 Å². The monoisotopic (exact) mass is 687 g/mol. The fraction of sp³-hybridized carbons (Fsp3) is 0.357. The molecule has 0 heterocycles. The molecule has 0 aromatic heterocycles. The maximum Gasteiger partial charge on any atom is 0.251 e. The highest BCUT2D eigenvalue weighted by molar-refractivity contribution is 14.1. The molecule has 1 aromatic carbocycles. The normalized spacial score (nSPS) is 11.8. The highest BCUT2D eigenvalue weighted by Crippen LogP contribution is 2.40. The van der Waals surface area contributed by atoms with Crippen LogP contribution in [-0.4, -0.2) is 47.2 Å². The van der Waals surface area contributed by atoms with Crippen LogP contribution in [0.5, 0.6) is 0 Å². The minimum absolute atomic E-state index is 0.170. The van der Waals surface area contributed by atoms with Crippen LogP contribution in [0.4, 0.5) is 11.4 Å². The highest BCUT2D eigenvalue weighted by Gasteiger charge is 2.29. The molecule has 0 aliphatic carbocycles. The number of nitrogens with zero attached hydrogens (tertiary/aromatic N) is 1. The molecular weight excluding hydrogens is 671 g/mol. The highest BCUT2D eigenvalue weighted by atomic mass is 127. The van der Waals surface area contributed by atoms with Gasteiger partial charge in [-0.2, -0.15) is 0 Å². The molecule has 1 rings (SSSR count). The van der Waals surface area contributed by atoms with E-state index in [1.54, 1.807) is 0 Å². The summed E-state index contributed by atoms with van der Waals surface area (Å²) in [6.07, 6.45) is -1.16. The summed E-state index contributed by atoms with van der Waals surface area (Å²) in [5.41, 5.74) is 6.36. The number of carbonyl (C=O) groups excluding carboxylic acids is 3. The molecule has 25 heavy (non-hydrogen) atoms. The van der Waals surface area contributed by atoms with Crippen molar-refractivity contribution in [3.8, 4) is 0 Å². The molecule has 0 saturated heterocycles. The van der Waals surface area contributed by atoms with Crippen molar-refractivity contribution in [1.29, 1.82) is 0 Å². The number of benzene rings is 1. The van der Waals surface area contributed by atoms with Gasteiger partial charge in [0.05, 0.1) is 46.9 Å². The number of amides is 3. The van der Waals surface area contributed by atoms with Crippen LogP contribution in [0.25, 0.3) is 0 Å². The Labute approximate surface area is 185 Å². The minimum atomic E-state index is -1.16. The summed E-state index contributed by atoms with van der Waals surface area (Å²) in [4.78, 5) is 36.8. The molecule has 0 bridgehead atoms. The molecule has 1 atom stereocenters. The Morgan fingerprint density at radius 1 is 1.16 bits per heavy atom. The van der Waals surface area contributed by atoms with Gasteiger partial charge >= 0.3 is 0 Å². The predicted octanol–water partition coefficient (Wildman–Crippen LogP) is 1.26. The second kappa shape index (κ2) is 9.61. The van der Waals surface area contributed by atoms with Gasteiger partial charge in [0.1, 0.15) is 0 Å². The predicted molar refractivity (Wildman–Crippen MR) is 119 cm³/mol. The van der Waals surface area contributed by atoms with Gasteiger partial charge < -0.3 is 26.2 Å². The first-order valence-electron chi connectivity index (χ1n) is 6.87. The van der Waals surface area contributed by atoms with Gasteiger partial charge in [-0.3, -0.25) is 14.4 Å². The number of carbonyl (C=O) groups is 3. The molecule has 0 saturated carbocycles. The van der Waals surface area contributed by atoms with E-state index in [4.69, 9.17) is 10.8 Å². The first kappa shape index (κ1) is 22.8. The van der Waals surface area contributed by atoms with Gasteiger partial charge in [-0.1, -0.05) is 0 Å². The third-order valence-corrected chi connectivity index (χ3v) is 6.27. The second-order valence-corrected chi connectivity index (χ2v) is 8.29. The average molecular weight is 687 g/mol. The maximum atomic E-state index is 12.1. The molecule has 1 unspecified atom stereocenters. The fourth-order valence-electron chi connectivity index (χ4n) is 2.04. The van der Waals surface area contributed by atoms with Crippen LogP contribution in [0.15, 0.2) is 0 Å². The molecule has 8 nitrogen and oxygen atoms in total. The third-order valence-electron chi connectivity index (χ3n) is 3.10. The molecular formula is C14H16I3N3O5. The Balaban J connectivity index is 3.77. The van der Waals surface area contributed by atoms with Crippen LogP contribution < -0.4 is 16.0 Å². The van der Waals surface area contributed by atoms with Gasteiger partial charge in [-0.25, -0.2) is 0 Å². The standard InChI is InChI=1S/C14H16I3N3O5/c1-5(22)19-12-9(15)8(14(18)25)10(16)13(11(12)17)20(6(2)23)3-7(24)4-21/h7,21,24H,3-4H2,1-2H3,(H2,18,25)(H,19,22). The van der Waals surface area contributed by atoms with Gasteiger partial charge in [0.25, 0.3) is 5.91 Å². The number of hydrogen-bond acceptors (Lipinski definition) is 5. The zero-order valence-corrected chi connectivity index (χ0v) is 19.7. The largest absolute Gasteiger partial charge is 0.394 e. The number of aliphatic hydroxyl groups is 2. The lowest BCUT2D eigenvalue weighted by Gasteiger charge is -2.28. The van der Waals surface area contributed by atoms with Gasteiger partial charge in [0.15, 0.2) is 0 Å². The van der Waals surface area contributed by atoms with Crippen LogP contribution >= 0.6 is 67.8 Å². The van der Waals surface area contributed by atoms with E-state index >= 15 is 0 Å². The van der Waals surface area contributed by atoms with E-state index in [9.17, 15) is 19.5 Å². The summed E-state index contributed by atoms with van der Waals surface area (Å²) in [5, 5.41) is 21.5. The van der Waals surface area contributed by atoms with E-state index in [1.165, 1.54) is 18.7 Å². The summed E-state index contributed by atoms with van der Waals surface area (Å²) in [6.45, 7) is 1.93. The topological polar surface area (TPSA) is 133 Å². The van der Waals surface area contributed by atoms with Crippen LogP contribution in [0.2, 0.25) is 0 Å². The molecule has 0 radical (unpaired) electrons. The number of aliphatic hydroxyl groups excluding tert-OH is 2. The summed E-state index contributed by atoms with van der Waals surface area (Å²) in [6, 6.07) is 0. The van der Waals surface area contributed by atoms with E-state index in [2.05, 4.69) is 5.32 Å². The lowest BCUT2D eigenvalue weighted by atomic mass is 10.1. The van der Waals surface area contributed by atoms with Crippen molar-refractivity contribution in [2.24, 2.45) is 5.73 Å². The molecule has 0 aliphatic rings. The summed E-state index contributed by atoms with van der Waals surface area (Å²) in [5.74, 6) is -1.44. The Morgan fingerprint density at radius 3 is 2.12 bits per heavy atom. The lowest BCUT2D eigenvalue weighted by Crippen LogP contribution is -2.39. The number of nitrogens with one attached hydrogen (secondary N) is 1. The van der Waals surface area contributed by atoms with Crippen molar-refractivity contribution >= 4 is 96.9 Å². The van der Waals surface area contributed by atoms with E-state index in [0.717, 1.165) is 0 Å². The number of rotatable bonds is 6. The van der Waals surface area contributed by atoms with Crippen molar-refractivity contribution < 1.29 is 24.6 Å². The quantitative estimate of drug-likeness (QED) is 0.335.